The highest BCUT2D eigenvalue weighted by Gasteiger charge is 2.41. The van der Waals surface area contributed by atoms with Gasteiger partial charge in [-0.05, 0) is 42.0 Å². The topological polar surface area (TPSA) is 60.5 Å². The monoisotopic (exact) mass is 430 g/mol. The first-order valence-electron chi connectivity index (χ1n) is 10.0. The van der Waals surface area contributed by atoms with Crippen molar-refractivity contribution < 1.29 is 13.6 Å². The van der Waals surface area contributed by atoms with Gasteiger partial charge in [0.15, 0.2) is 5.78 Å². The van der Waals surface area contributed by atoms with E-state index in [0.717, 1.165) is 5.56 Å². The number of para-hydroxylation sites is 2. The van der Waals surface area contributed by atoms with Gasteiger partial charge in [0, 0.05) is 12.7 Å². The van der Waals surface area contributed by atoms with Gasteiger partial charge >= 0.3 is 7.60 Å². The molecule has 1 atom stereocenters. The third-order valence-electron chi connectivity index (χ3n) is 4.58. The zero-order valence-electron chi connectivity index (χ0n) is 16.9. The average Bonchev–Trinajstić information content (AvgIpc) is 2.82. The van der Waals surface area contributed by atoms with Crippen LogP contribution in [0.25, 0.3) is 0 Å². The Morgan fingerprint density at radius 1 is 0.710 bits per heavy atom. The molecule has 0 aliphatic heterocycles. The first-order chi connectivity index (χ1) is 15.2. The van der Waals surface area contributed by atoms with Crippen molar-refractivity contribution in [1.82, 2.24) is 10.3 Å². The molecule has 4 rings (SSSR count). The second-order valence-electron chi connectivity index (χ2n) is 6.87. The largest absolute Gasteiger partial charge is 0.453 e. The molecule has 4 aromatic rings. The van der Waals surface area contributed by atoms with Gasteiger partial charge in [-0.1, -0.05) is 72.8 Å². The summed E-state index contributed by atoms with van der Waals surface area (Å²) < 4.78 is 26.4. The van der Waals surface area contributed by atoms with Crippen LogP contribution in [-0.4, -0.2) is 4.98 Å². The summed E-state index contributed by atoms with van der Waals surface area (Å²) in [6.45, 7) is 0.475. The van der Waals surface area contributed by atoms with Crippen LogP contribution in [0.1, 0.15) is 17.0 Å². The van der Waals surface area contributed by atoms with Gasteiger partial charge in [-0.2, -0.15) is 0 Å². The standard InChI is InChI=1S/C25H23N2O3P/c28-31(29-22-14-6-2-7-15-22,30-23-16-8-3-9-17-23)25(24-18-10-11-19-26-24)27-20-21-12-4-1-5-13-21/h1-19,25,27H,20H2. The molecular formula is C25H23N2O3P. The van der Waals surface area contributed by atoms with E-state index in [1.54, 1.807) is 30.5 Å². The summed E-state index contributed by atoms with van der Waals surface area (Å²) >= 11 is 0. The van der Waals surface area contributed by atoms with Crippen molar-refractivity contribution in [2.24, 2.45) is 0 Å². The smallest absolute Gasteiger partial charge is 0.415 e. The van der Waals surface area contributed by atoms with Gasteiger partial charge in [0.25, 0.3) is 0 Å². The molecule has 0 saturated heterocycles. The summed E-state index contributed by atoms with van der Waals surface area (Å²) in [4.78, 5) is 4.45. The summed E-state index contributed by atoms with van der Waals surface area (Å²) in [5, 5.41) is 3.36. The lowest BCUT2D eigenvalue weighted by Crippen LogP contribution is -2.26. The van der Waals surface area contributed by atoms with Crippen molar-refractivity contribution in [3.05, 3.63) is 127 Å². The molecule has 0 aliphatic rings. The van der Waals surface area contributed by atoms with Crippen LogP contribution >= 0.6 is 7.60 Å². The Bertz CT molecular complexity index is 1070. The lowest BCUT2D eigenvalue weighted by molar-refractivity contribution is 0.359. The predicted octanol–water partition coefficient (Wildman–Crippen LogP) is 6.22. The molecule has 5 nitrogen and oxygen atoms in total. The van der Waals surface area contributed by atoms with Gasteiger partial charge in [-0.3, -0.25) is 10.3 Å². The number of aromatic nitrogens is 1. The Kier molecular flexibility index (Phi) is 6.78. The number of benzene rings is 3. The first kappa shape index (κ1) is 20.9. The minimum absolute atomic E-state index is 0.462. The molecule has 0 bridgehead atoms. The maximum atomic E-state index is 14.3. The van der Waals surface area contributed by atoms with Crippen molar-refractivity contribution in [3.8, 4) is 11.5 Å². The van der Waals surface area contributed by atoms with E-state index < -0.39 is 13.4 Å². The fourth-order valence-corrected chi connectivity index (χ4v) is 4.98. The molecule has 0 fully saturated rings. The van der Waals surface area contributed by atoms with Gasteiger partial charge in [0.2, 0.25) is 0 Å². The van der Waals surface area contributed by atoms with Crippen LogP contribution in [-0.2, 0) is 11.1 Å². The minimum atomic E-state index is -3.81. The van der Waals surface area contributed by atoms with E-state index in [2.05, 4.69) is 10.3 Å². The number of nitrogens with one attached hydrogen (secondary N) is 1. The van der Waals surface area contributed by atoms with Gasteiger partial charge in [-0.25, -0.2) is 4.57 Å². The molecule has 1 aromatic heterocycles. The van der Waals surface area contributed by atoms with Crippen molar-refractivity contribution in [2.45, 2.75) is 12.3 Å². The van der Waals surface area contributed by atoms with Crippen LogP contribution in [0.3, 0.4) is 0 Å². The maximum absolute atomic E-state index is 14.3. The van der Waals surface area contributed by atoms with Crippen molar-refractivity contribution in [1.29, 1.82) is 0 Å². The number of hydrogen-bond acceptors (Lipinski definition) is 5. The Morgan fingerprint density at radius 2 is 1.23 bits per heavy atom. The summed E-state index contributed by atoms with van der Waals surface area (Å²) in [5.74, 6) is 0.141. The van der Waals surface area contributed by atoms with E-state index in [1.165, 1.54) is 0 Å². The molecular weight excluding hydrogens is 407 g/mol. The zero-order chi connectivity index (χ0) is 21.4. The van der Waals surface area contributed by atoms with Crippen molar-refractivity contribution >= 4 is 7.60 Å². The van der Waals surface area contributed by atoms with Crippen molar-refractivity contribution in [3.63, 3.8) is 0 Å². The maximum Gasteiger partial charge on any atom is 0.453 e. The number of pyridine rings is 1. The van der Waals surface area contributed by atoms with Crippen LogP contribution in [0, 0.1) is 0 Å². The molecule has 6 heteroatoms. The highest BCUT2D eigenvalue weighted by molar-refractivity contribution is 7.55. The lowest BCUT2D eigenvalue weighted by Gasteiger charge is -2.28. The van der Waals surface area contributed by atoms with Gasteiger partial charge in [-0.15, -0.1) is 0 Å². The molecule has 1 N–H and O–H groups in total. The number of nitrogens with zero attached hydrogens (tertiary/aromatic N) is 1. The van der Waals surface area contributed by atoms with Crippen LogP contribution in [0.15, 0.2) is 115 Å². The lowest BCUT2D eigenvalue weighted by atomic mass is 10.2. The Hall–Kier alpha value is -3.40. The Morgan fingerprint density at radius 3 is 1.74 bits per heavy atom. The van der Waals surface area contributed by atoms with Gasteiger partial charge in [0.05, 0.1) is 5.69 Å². The summed E-state index contributed by atoms with van der Waals surface area (Å²) in [6.07, 6.45) is 1.67. The van der Waals surface area contributed by atoms with E-state index in [-0.39, 0.29) is 0 Å². The quantitative estimate of drug-likeness (QED) is 0.319. The van der Waals surface area contributed by atoms with Gasteiger partial charge in [0.1, 0.15) is 11.5 Å². The first-order valence-corrected chi connectivity index (χ1v) is 11.6. The SMILES string of the molecule is O=P(Oc1ccccc1)(Oc1ccccc1)C(NCc1ccccc1)c1ccccn1. The molecule has 0 aliphatic carbocycles. The molecule has 1 heterocycles. The number of rotatable bonds is 9. The molecule has 0 spiro atoms. The summed E-state index contributed by atoms with van der Waals surface area (Å²) in [7, 11) is -3.81. The van der Waals surface area contributed by atoms with Crippen LogP contribution in [0.4, 0.5) is 0 Å². The van der Waals surface area contributed by atoms with Crippen LogP contribution in [0.2, 0.25) is 0 Å². The molecule has 156 valence electrons. The molecule has 0 amide bonds. The van der Waals surface area contributed by atoms with E-state index >= 15 is 0 Å². The van der Waals surface area contributed by atoms with Gasteiger partial charge < -0.3 is 9.05 Å². The highest BCUT2D eigenvalue weighted by atomic mass is 31.2. The van der Waals surface area contributed by atoms with Crippen LogP contribution in [0.5, 0.6) is 11.5 Å². The minimum Gasteiger partial charge on any atom is -0.415 e. The average molecular weight is 430 g/mol. The normalized spacial score (nSPS) is 12.1. The van der Waals surface area contributed by atoms with E-state index in [1.807, 2.05) is 84.9 Å². The van der Waals surface area contributed by atoms with Crippen molar-refractivity contribution in [2.75, 3.05) is 0 Å². The third-order valence-corrected chi connectivity index (χ3v) is 6.59. The Labute approximate surface area is 182 Å². The summed E-state index contributed by atoms with van der Waals surface area (Å²) in [6, 6.07) is 33.5. The molecule has 0 radical (unpaired) electrons. The predicted molar refractivity (Wildman–Crippen MR) is 122 cm³/mol. The second kappa shape index (κ2) is 10.1. The molecule has 1 unspecified atom stereocenters. The highest BCUT2D eigenvalue weighted by Crippen LogP contribution is 2.58. The Balaban J connectivity index is 1.71. The van der Waals surface area contributed by atoms with Crippen LogP contribution < -0.4 is 14.4 Å². The zero-order valence-corrected chi connectivity index (χ0v) is 17.8. The summed E-state index contributed by atoms with van der Waals surface area (Å²) in [5.41, 5.74) is 1.63. The molecule has 3 aromatic carbocycles. The van der Waals surface area contributed by atoms with E-state index in [9.17, 15) is 4.57 Å². The fraction of sp³-hybridized carbons (Fsp3) is 0.0800. The van der Waals surface area contributed by atoms with E-state index in [4.69, 9.17) is 9.05 Å². The second-order valence-corrected chi connectivity index (χ2v) is 8.83. The third kappa shape index (κ3) is 5.60. The number of hydrogen-bond donors (Lipinski definition) is 1. The molecule has 31 heavy (non-hydrogen) atoms. The fourth-order valence-electron chi connectivity index (χ4n) is 3.11. The molecule has 0 saturated carbocycles. The van der Waals surface area contributed by atoms with E-state index in [0.29, 0.717) is 23.7 Å².